The van der Waals surface area contributed by atoms with Gasteiger partial charge in [0.15, 0.2) is 0 Å². The molecule has 0 spiro atoms. The Morgan fingerprint density at radius 3 is 2.52 bits per heavy atom. The van der Waals surface area contributed by atoms with E-state index in [4.69, 9.17) is 27.9 Å². The molecule has 0 aliphatic rings. The van der Waals surface area contributed by atoms with Crippen molar-refractivity contribution in [1.29, 1.82) is 0 Å². The number of ether oxygens (including phenoxy) is 1. The molecule has 0 amide bonds. The van der Waals surface area contributed by atoms with E-state index >= 15 is 0 Å². The third-order valence-corrected chi connectivity index (χ3v) is 5.32. The number of hydrogen-bond acceptors (Lipinski definition) is 5. The second kappa shape index (κ2) is 11.2. The Morgan fingerprint density at radius 1 is 1.00 bits per heavy atom. The maximum atomic E-state index is 11.7. The van der Waals surface area contributed by atoms with Gasteiger partial charge >= 0.3 is 5.97 Å². The third-order valence-electron chi connectivity index (χ3n) is 4.77. The van der Waals surface area contributed by atoms with E-state index in [9.17, 15) is 9.90 Å². The maximum absolute atomic E-state index is 11.7. The number of nitrogens with one attached hydrogen (secondary N) is 2. The number of carbonyl (C=O) groups excluding carboxylic acids is 1. The molecule has 3 rings (SSSR count). The molecule has 0 aromatic heterocycles. The van der Waals surface area contributed by atoms with Crippen LogP contribution in [0.5, 0.6) is 0 Å². The Hall–Kier alpha value is -2.57. The van der Waals surface area contributed by atoms with Crippen LogP contribution in [0.2, 0.25) is 10.0 Å². The van der Waals surface area contributed by atoms with Crippen molar-refractivity contribution in [2.45, 2.75) is 6.10 Å². The molecule has 1 atom stereocenters. The summed E-state index contributed by atoms with van der Waals surface area (Å²) in [5.74, 6) is -0.458. The molecule has 0 bridgehead atoms. The standard InChI is InChI=1S/C24H24Cl2N2O3/c1-31-24(30)21-9-8-17(14-22(21)26)16-4-3-7-20(13-16)28-11-10-27-15-23(29)18-5-2-6-19(25)12-18/h2-9,12-14,23,27-29H,10-11,15H2,1H3/t23-/m0/s1. The number of halogens is 2. The minimum atomic E-state index is -0.611. The van der Waals surface area contributed by atoms with Crippen molar-refractivity contribution in [3.05, 3.63) is 87.9 Å². The van der Waals surface area contributed by atoms with Gasteiger partial charge in [0.05, 0.1) is 23.8 Å². The number of anilines is 1. The molecule has 3 aromatic rings. The zero-order valence-electron chi connectivity index (χ0n) is 17.1. The van der Waals surface area contributed by atoms with E-state index in [2.05, 4.69) is 10.6 Å². The van der Waals surface area contributed by atoms with Crippen molar-refractivity contribution in [2.75, 3.05) is 32.1 Å². The zero-order chi connectivity index (χ0) is 22.2. The first-order valence-electron chi connectivity index (χ1n) is 9.84. The van der Waals surface area contributed by atoms with E-state index in [1.165, 1.54) is 7.11 Å². The van der Waals surface area contributed by atoms with Gasteiger partial charge in [-0.2, -0.15) is 0 Å². The van der Waals surface area contributed by atoms with E-state index in [1.54, 1.807) is 24.3 Å². The first-order valence-corrected chi connectivity index (χ1v) is 10.6. The average Bonchev–Trinajstić information content (AvgIpc) is 2.78. The first-order chi connectivity index (χ1) is 15.0. The highest BCUT2D eigenvalue weighted by atomic mass is 35.5. The third kappa shape index (κ3) is 6.45. The van der Waals surface area contributed by atoms with Crippen LogP contribution in [0.1, 0.15) is 22.0 Å². The van der Waals surface area contributed by atoms with Crippen LogP contribution < -0.4 is 10.6 Å². The van der Waals surface area contributed by atoms with Crippen molar-refractivity contribution in [3.63, 3.8) is 0 Å². The molecule has 0 fully saturated rings. The second-order valence-electron chi connectivity index (χ2n) is 6.97. The molecule has 5 nitrogen and oxygen atoms in total. The van der Waals surface area contributed by atoms with Crippen molar-refractivity contribution in [2.24, 2.45) is 0 Å². The van der Waals surface area contributed by atoms with E-state index in [0.29, 0.717) is 35.2 Å². The minimum Gasteiger partial charge on any atom is -0.465 e. The number of aliphatic hydroxyl groups is 1. The summed E-state index contributed by atoms with van der Waals surface area (Å²) < 4.78 is 4.73. The molecule has 0 heterocycles. The van der Waals surface area contributed by atoms with Gasteiger partial charge in [0, 0.05) is 30.3 Å². The fourth-order valence-electron chi connectivity index (χ4n) is 3.14. The van der Waals surface area contributed by atoms with Crippen LogP contribution in [0.4, 0.5) is 5.69 Å². The Balaban J connectivity index is 1.52. The molecule has 0 radical (unpaired) electrons. The predicted molar refractivity (Wildman–Crippen MR) is 126 cm³/mol. The largest absolute Gasteiger partial charge is 0.465 e. The lowest BCUT2D eigenvalue weighted by atomic mass is 10.0. The number of benzene rings is 3. The van der Waals surface area contributed by atoms with Gasteiger partial charge in [-0.15, -0.1) is 0 Å². The van der Waals surface area contributed by atoms with Crippen molar-refractivity contribution in [3.8, 4) is 11.1 Å². The topological polar surface area (TPSA) is 70.6 Å². The van der Waals surface area contributed by atoms with Gasteiger partial charge in [-0.1, -0.05) is 53.5 Å². The number of esters is 1. The fourth-order valence-corrected chi connectivity index (χ4v) is 3.60. The molecule has 7 heteroatoms. The molecule has 0 aliphatic heterocycles. The Bertz CT molecular complexity index is 1040. The highest BCUT2D eigenvalue weighted by Gasteiger charge is 2.12. The molecule has 31 heavy (non-hydrogen) atoms. The van der Waals surface area contributed by atoms with Gasteiger partial charge in [-0.25, -0.2) is 4.79 Å². The highest BCUT2D eigenvalue weighted by molar-refractivity contribution is 6.33. The van der Waals surface area contributed by atoms with Crippen molar-refractivity contribution in [1.82, 2.24) is 5.32 Å². The summed E-state index contributed by atoms with van der Waals surface area (Å²) in [6.07, 6.45) is -0.611. The van der Waals surface area contributed by atoms with Gasteiger partial charge < -0.3 is 20.5 Å². The molecule has 0 saturated carbocycles. The summed E-state index contributed by atoms with van der Waals surface area (Å²) in [6, 6.07) is 20.4. The van der Waals surface area contributed by atoms with E-state index in [-0.39, 0.29) is 0 Å². The molecule has 0 aliphatic carbocycles. The van der Waals surface area contributed by atoms with Crippen LogP contribution in [-0.4, -0.2) is 37.8 Å². The minimum absolute atomic E-state index is 0.341. The van der Waals surface area contributed by atoms with Gasteiger partial charge in [0.1, 0.15) is 0 Å². The fraction of sp³-hybridized carbons (Fsp3) is 0.208. The molecule has 162 valence electrons. The Labute approximate surface area is 192 Å². The summed E-state index contributed by atoms with van der Waals surface area (Å²) in [5.41, 5.74) is 3.98. The molecule has 3 N–H and O–H groups in total. The normalized spacial score (nSPS) is 11.7. The second-order valence-corrected chi connectivity index (χ2v) is 7.81. The average molecular weight is 459 g/mol. The van der Waals surface area contributed by atoms with Crippen LogP contribution in [-0.2, 0) is 4.74 Å². The van der Waals surface area contributed by atoms with Gasteiger partial charge in [-0.3, -0.25) is 0 Å². The number of carbonyl (C=O) groups is 1. The van der Waals surface area contributed by atoms with E-state index < -0.39 is 12.1 Å². The molecule has 0 unspecified atom stereocenters. The molecule has 0 saturated heterocycles. The van der Waals surface area contributed by atoms with Gasteiger partial charge in [-0.05, 0) is 53.1 Å². The zero-order valence-corrected chi connectivity index (χ0v) is 18.6. The van der Waals surface area contributed by atoms with Crippen LogP contribution >= 0.6 is 23.2 Å². The number of hydrogen-bond donors (Lipinski definition) is 3. The summed E-state index contributed by atoms with van der Waals surface area (Å²) >= 11 is 12.2. The molecule has 3 aromatic carbocycles. The first kappa shape index (κ1) is 23.1. The smallest absolute Gasteiger partial charge is 0.339 e. The van der Waals surface area contributed by atoms with Crippen molar-refractivity contribution >= 4 is 34.9 Å². The quantitative estimate of drug-likeness (QED) is 0.304. The van der Waals surface area contributed by atoms with Crippen LogP contribution in [0, 0.1) is 0 Å². The lowest BCUT2D eigenvalue weighted by Crippen LogP contribution is -2.26. The van der Waals surface area contributed by atoms with Crippen LogP contribution in [0.25, 0.3) is 11.1 Å². The van der Waals surface area contributed by atoms with E-state index in [1.807, 2.05) is 42.5 Å². The summed E-state index contributed by atoms with van der Waals surface area (Å²) in [7, 11) is 1.33. The number of methoxy groups -OCH3 is 1. The molecular weight excluding hydrogens is 435 g/mol. The van der Waals surface area contributed by atoms with E-state index in [0.717, 1.165) is 22.4 Å². The van der Waals surface area contributed by atoms with Gasteiger partial charge in [0.25, 0.3) is 0 Å². The van der Waals surface area contributed by atoms with Gasteiger partial charge in [0.2, 0.25) is 0 Å². The summed E-state index contributed by atoms with van der Waals surface area (Å²) in [6.45, 7) is 1.81. The van der Waals surface area contributed by atoms with Crippen LogP contribution in [0.3, 0.4) is 0 Å². The highest BCUT2D eigenvalue weighted by Crippen LogP contribution is 2.28. The maximum Gasteiger partial charge on any atom is 0.339 e. The number of aliphatic hydroxyl groups excluding tert-OH is 1. The van der Waals surface area contributed by atoms with Crippen molar-refractivity contribution < 1.29 is 14.6 Å². The summed E-state index contributed by atoms with van der Waals surface area (Å²) in [5, 5.41) is 17.8. The monoisotopic (exact) mass is 458 g/mol. The Kier molecular flexibility index (Phi) is 8.32. The SMILES string of the molecule is COC(=O)c1ccc(-c2cccc(NCCNC[C@H](O)c3cccc(Cl)c3)c2)cc1Cl. The van der Waals surface area contributed by atoms with Crippen LogP contribution in [0.15, 0.2) is 66.7 Å². The lowest BCUT2D eigenvalue weighted by molar-refractivity contribution is 0.0601. The molecular formula is C24H24Cl2N2O3. The predicted octanol–water partition coefficient (Wildman–Crippen LogP) is 5.18. The number of rotatable bonds is 9. The Morgan fingerprint density at radius 2 is 1.77 bits per heavy atom. The summed E-state index contributed by atoms with van der Waals surface area (Å²) in [4.78, 5) is 11.7. The lowest BCUT2D eigenvalue weighted by Gasteiger charge is -2.13.